The second kappa shape index (κ2) is 7.85. The van der Waals surface area contributed by atoms with Gasteiger partial charge in [0, 0.05) is 31.3 Å². The van der Waals surface area contributed by atoms with Crippen molar-refractivity contribution in [3.63, 3.8) is 0 Å². The Bertz CT molecular complexity index is 361. The van der Waals surface area contributed by atoms with E-state index in [4.69, 9.17) is 22.1 Å². The molecule has 1 fully saturated rings. The molecule has 0 aromatic heterocycles. The minimum absolute atomic E-state index is 0.424. The summed E-state index contributed by atoms with van der Waals surface area (Å²) in [5.74, 6) is 0. The number of halogens is 1. The van der Waals surface area contributed by atoms with E-state index in [-0.39, 0.29) is 0 Å². The summed E-state index contributed by atoms with van der Waals surface area (Å²) in [5.41, 5.74) is 6.79. The molecule has 19 heavy (non-hydrogen) atoms. The Morgan fingerprint density at radius 2 is 1.89 bits per heavy atom. The van der Waals surface area contributed by atoms with Crippen LogP contribution in [0.3, 0.4) is 0 Å². The van der Waals surface area contributed by atoms with Gasteiger partial charge in [0.25, 0.3) is 0 Å². The van der Waals surface area contributed by atoms with Gasteiger partial charge in [0.15, 0.2) is 0 Å². The molecule has 4 heteroatoms. The van der Waals surface area contributed by atoms with E-state index in [9.17, 15) is 0 Å². The summed E-state index contributed by atoms with van der Waals surface area (Å²) in [6.07, 6.45) is 3.63. The molecule has 0 saturated carbocycles. The highest BCUT2D eigenvalue weighted by atomic mass is 35.5. The first-order valence-electron chi connectivity index (χ1n) is 7.06. The Labute approximate surface area is 120 Å². The van der Waals surface area contributed by atoms with Gasteiger partial charge in [0.2, 0.25) is 0 Å². The monoisotopic (exact) mass is 282 g/mol. The highest BCUT2D eigenvalue weighted by molar-refractivity contribution is 6.30. The first kappa shape index (κ1) is 14.8. The van der Waals surface area contributed by atoms with E-state index in [1.165, 1.54) is 5.56 Å². The van der Waals surface area contributed by atoms with E-state index in [0.717, 1.165) is 57.1 Å². The lowest BCUT2D eigenvalue weighted by molar-refractivity contribution is 0.00563. The van der Waals surface area contributed by atoms with E-state index in [0.29, 0.717) is 6.10 Å². The van der Waals surface area contributed by atoms with Crippen LogP contribution in [-0.2, 0) is 11.3 Å². The van der Waals surface area contributed by atoms with Gasteiger partial charge in [-0.2, -0.15) is 0 Å². The summed E-state index contributed by atoms with van der Waals surface area (Å²) in [5, 5.41) is 0.802. The van der Waals surface area contributed by atoms with Crippen LogP contribution in [0.15, 0.2) is 24.3 Å². The molecule has 0 amide bonds. The predicted molar refractivity (Wildman–Crippen MR) is 79.4 cm³/mol. The summed E-state index contributed by atoms with van der Waals surface area (Å²) >= 11 is 5.89. The van der Waals surface area contributed by atoms with Crippen molar-refractivity contribution in [3.8, 4) is 0 Å². The fourth-order valence-corrected chi connectivity index (χ4v) is 2.54. The lowest BCUT2D eigenvalue weighted by Gasteiger charge is -2.31. The van der Waals surface area contributed by atoms with Crippen molar-refractivity contribution in [2.45, 2.75) is 31.9 Å². The van der Waals surface area contributed by atoms with E-state index >= 15 is 0 Å². The number of ether oxygens (including phenoxy) is 1. The van der Waals surface area contributed by atoms with Gasteiger partial charge in [-0.25, -0.2) is 0 Å². The number of nitrogens with two attached hydrogens (primary N) is 1. The van der Waals surface area contributed by atoms with Crippen molar-refractivity contribution in [3.05, 3.63) is 34.9 Å². The molecule has 2 rings (SSSR count). The Morgan fingerprint density at radius 1 is 1.21 bits per heavy atom. The molecular weight excluding hydrogens is 260 g/mol. The molecule has 0 atom stereocenters. The molecule has 106 valence electrons. The number of rotatable bonds is 6. The summed E-state index contributed by atoms with van der Waals surface area (Å²) in [4.78, 5) is 2.48. The molecular formula is C15H23ClN2O. The number of nitrogens with zero attached hydrogens (tertiary/aromatic N) is 1. The zero-order valence-electron chi connectivity index (χ0n) is 11.4. The summed E-state index contributed by atoms with van der Waals surface area (Å²) < 4.78 is 5.81. The SMILES string of the molecule is NCCCOC1CCN(Cc2ccc(Cl)cc2)CC1. The fraction of sp³-hybridized carbons (Fsp3) is 0.600. The molecule has 1 heterocycles. The maximum atomic E-state index is 5.89. The molecule has 0 aliphatic carbocycles. The number of benzene rings is 1. The van der Waals surface area contributed by atoms with Gasteiger partial charge in [-0.3, -0.25) is 4.90 Å². The molecule has 0 radical (unpaired) electrons. The van der Waals surface area contributed by atoms with Crippen LogP contribution >= 0.6 is 11.6 Å². The number of piperidine rings is 1. The van der Waals surface area contributed by atoms with Crippen molar-refractivity contribution in [1.29, 1.82) is 0 Å². The molecule has 1 aromatic carbocycles. The van der Waals surface area contributed by atoms with Gasteiger partial charge in [-0.05, 0) is 43.5 Å². The van der Waals surface area contributed by atoms with Crippen LogP contribution in [0, 0.1) is 0 Å². The third-order valence-electron chi connectivity index (χ3n) is 3.56. The maximum absolute atomic E-state index is 5.89. The molecule has 1 saturated heterocycles. The standard InChI is InChI=1S/C15H23ClN2O/c16-14-4-2-13(3-5-14)12-18-9-6-15(7-10-18)19-11-1-8-17/h2-5,15H,1,6-12,17H2. The van der Waals surface area contributed by atoms with Crippen LogP contribution in [0.25, 0.3) is 0 Å². The Morgan fingerprint density at radius 3 is 2.53 bits per heavy atom. The molecule has 0 spiro atoms. The third kappa shape index (κ3) is 5.11. The smallest absolute Gasteiger partial charge is 0.0599 e. The molecule has 1 aromatic rings. The maximum Gasteiger partial charge on any atom is 0.0599 e. The molecule has 2 N–H and O–H groups in total. The second-order valence-electron chi connectivity index (χ2n) is 5.11. The normalized spacial score (nSPS) is 17.8. The van der Waals surface area contributed by atoms with Crippen molar-refractivity contribution in [2.75, 3.05) is 26.2 Å². The Kier molecular flexibility index (Phi) is 6.11. The van der Waals surface area contributed by atoms with Gasteiger partial charge in [-0.1, -0.05) is 23.7 Å². The van der Waals surface area contributed by atoms with Crippen LogP contribution in [-0.4, -0.2) is 37.2 Å². The van der Waals surface area contributed by atoms with Gasteiger partial charge >= 0.3 is 0 Å². The van der Waals surface area contributed by atoms with Crippen molar-refractivity contribution >= 4 is 11.6 Å². The van der Waals surface area contributed by atoms with Crippen LogP contribution in [0.2, 0.25) is 5.02 Å². The number of hydrogen-bond acceptors (Lipinski definition) is 3. The average Bonchev–Trinajstić information content (AvgIpc) is 2.44. The zero-order chi connectivity index (χ0) is 13.5. The van der Waals surface area contributed by atoms with Crippen molar-refractivity contribution in [2.24, 2.45) is 5.73 Å². The van der Waals surface area contributed by atoms with E-state index in [1.54, 1.807) is 0 Å². The summed E-state index contributed by atoms with van der Waals surface area (Å²) in [7, 11) is 0. The molecule has 3 nitrogen and oxygen atoms in total. The van der Waals surface area contributed by atoms with Crippen LogP contribution in [0.1, 0.15) is 24.8 Å². The van der Waals surface area contributed by atoms with Crippen molar-refractivity contribution < 1.29 is 4.74 Å². The lowest BCUT2D eigenvalue weighted by atomic mass is 10.1. The van der Waals surface area contributed by atoms with E-state index in [2.05, 4.69) is 17.0 Å². The largest absolute Gasteiger partial charge is 0.378 e. The van der Waals surface area contributed by atoms with E-state index in [1.807, 2.05) is 12.1 Å². The Hall–Kier alpha value is -0.610. The fourth-order valence-electron chi connectivity index (χ4n) is 2.42. The van der Waals surface area contributed by atoms with Crippen LogP contribution in [0.4, 0.5) is 0 Å². The van der Waals surface area contributed by atoms with Crippen LogP contribution < -0.4 is 5.73 Å². The second-order valence-corrected chi connectivity index (χ2v) is 5.55. The average molecular weight is 283 g/mol. The molecule has 0 bridgehead atoms. The summed E-state index contributed by atoms with van der Waals surface area (Å²) in [6.45, 7) is 4.74. The minimum atomic E-state index is 0.424. The highest BCUT2D eigenvalue weighted by Crippen LogP contribution is 2.17. The van der Waals surface area contributed by atoms with E-state index < -0.39 is 0 Å². The predicted octanol–water partition coefficient (Wildman–Crippen LogP) is 2.67. The van der Waals surface area contributed by atoms with Gasteiger partial charge < -0.3 is 10.5 Å². The minimum Gasteiger partial charge on any atom is -0.378 e. The van der Waals surface area contributed by atoms with Gasteiger partial charge in [-0.15, -0.1) is 0 Å². The quantitative estimate of drug-likeness (QED) is 0.816. The third-order valence-corrected chi connectivity index (χ3v) is 3.81. The molecule has 1 aliphatic heterocycles. The highest BCUT2D eigenvalue weighted by Gasteiger charge is 2.19. The zero-order valence-corrected chi connectivity index (χ0v) is 12.1. The van der Waals surface area contributed by atoms with Crippen molar-refractivity contribution in [1.82, 2.24) is 4.90 Å². The molecule has 0 unspecified atom stereocenters. The van der Waals surface area contributed by atoms with Crippen LogP contribution in [0.5, 0.6) is 0 Å². The number of likely N-dealkylation sites (tertiary alicyclic amines) is 1. The first-order chi connectivity index (χ1) is 9.28. The molecule has 1 aliphatic rings. The Balaban J connectivity index is 1.69. The number of hydrogen-bond donors (Lipinski definition) is 1. The lowest BCUT2D eigenvalue weighted by Crippen LogP contribution is -2.36. The topological polar surface area (TPSA) is 38.5 Å². The van der Waals surface area contributed by atoms with Gasteiger partial charge in [0.05, 0.1) is 6.10 Å². The van der Waals surface area contributed by atoms with Gasteiger partial charge in [0.1, 0.15) is 0 Å². The summed E-state index contributed by atoms with van der Waals surface area (Å²) in [6, 6.07) is 8.12. The first-order valence-corrected chi connectivity index (χ1v) is 7.44.